The van der Waals surface area contributed by atoms with Gasteiger partial charge in [-0.25, -0.2) is 4.99 Å². The van der Waals surface area contributed by atoms with Crippen molar-refractivity contribution in [1.82, 2.24) is 10.2 Å². The number of benzene rings is 1. The summed E-state index contributed by atoms with van der Waals surface area (Å²) in [7, 11) is 0. The third-order valence-corrected chi connectivity index (χ3v) is 4.05. The van der Waals surface area contributed by atoms with Gasteiger partial charge in [0.25, 0.3) is 0 Å². The lowest BCUT2D eigenvalue weighted by Crippen LogP contribution is -2.40. The van der Waals surface area contributed by atoms with E-state index in [0.29, 0.717) is 32.9 Å². The standard InChI is InChI=1S/C19H31N3O3.HI/c1-3-20-19(22-9-8-18(23)14-22)21-13-16-6-5-7-17(12-16)15-25-11-10-24-4-2;/h5-7,12,18,23H,3-4,8-11,13-15H2,1-2H3,(H,20,21);1H/t18-;/m1./s1. The Morgan fingerprint density at radius 2 is 2.04 bits per heavy atom. The number of likely N-dealkylation sites (tertiary alicyclic amines) is 1. The largest absolute Gasteiger partial charge is 0.391 e. The summed E-state index contributed by atoms with van der Waals surface area (Å²) in [5, 5.41) is 13.0. The Labute approximate surface area is 174 Å². The zero-order valence-corrected chi connectivity index (χ0v) is 18.1. The molecule has 1 aliphatic rings. The van der Waals surface area contributed by atoms with Crippen LogP contribution in [0.25, 0.3) is 0 Å². The number of hydrogen-bond donors (Lipinski definition) is 2. The average molecular weight is 477 g/mol. The molecule has 6 nitrogen and oxygen atoms in total. The molecule has 1 heterocycles. The molecular formula is C19H32IN3O3. The molecule has 0 unspecified atom stereocenters. The number of guanidine groups is 1. The molecule has 0 aliphatic carbocycles. The summed E-state index contributed by atoms with van der Waals surface area (Å²) in [4.78, 5) is 6.84. The van der Waals surface area contributed by atoms with E-state index in [1.165, 1.54) is 0 Å². The van der Waals surface area contributed by atoms with Gasteiger partial charge in [0, 0.05) is 26.2 Å². The fourth-order valence-corrected chi connectivity index (χ4v) is 2.80. The predicted octanol–water partition coefficient (Wildman–Crippen LogP) is 2.39. The van der Waals surface area contributed by atoms with Crippen LogP contribution in [-0.4, -0.2) is 61.5 Å². The van der Waals surface area contributed by atoms with Crippen LogP contribution in [0.5, 0.6) is 0 Å². The Balaban J connectivity index is 0.00000338. The normalized spacial score (nSPS) is 17.3. The minimum Gasteiger partial charge on any atom is -0.391 e. The monoisotopic (exact) mass is 477 g/mol. The number of nitrogens with one attached hydrogen (secondary N) is 1. The number of halogens is 1. The topological polar surface area (TPSA) is 66.3 Å². The van der Waals surface area contributed by atoms with Crippen LogP contribution in [0.15, 0.2) is 29.3 Å². The van der Waals surface area contributed by atoms with Crippen molar-refractivity contribution in [3.63, 3.8) is 0 Å². The molecule has 1 aromatic rings. The lowest BCUT2D eigenvalue weighted by atomic mass is 10.1. The van der Waals surface area contributed by atoms with Gasteiger partial charge in [0.2, 0.25) is 0 Å². The van der Waals surface area contributed by atoms with Crippen LogP contribution in [0.1, 0.15) is 31.4 Å². The molecule has 0 spiro atoms. The van der Waals surface area contributed by atoms with Crippen molar-refractivity contribution in [3.8, 4) is 0 Å². The van der Waals surface area contributed by atoms with Gasteiger partial charge >= 0.3 is 0 Å². The number of hydrogen-bond acceptors (Lipinski definition) is 4. The summed E-state index contributed by atoms with van der Waals surface area (Å²) in [5.41, 5.74) is 2.30. The van der Waals surface area contributed by atoms with E-state index in [-0.39, 0.29) is 30.1 Å². The first-order chi connectivity index (χ1) is 12.2. The average Bonchev–Trinajstić information content (AvgIpc) is 3.05. The lowest BCUT2D eigenvalue weighted by molar-refractivity contribution is 0.0453. The third kappa shape index (κ3) is 8.20. The number of ether oxygens (including phenoxy) is 2. The fourth-order valence-electron chi connectivity index (χ4n) is 2.80. The van der Waals surface area contributed by atoms with E-state index < -0.39 is 0 Å². The van der Waals surface area contributed by atoms with Gasteiger partial charge in [-0.1, -0.05) is 24.3 Å². The summed E-state index contributed by atoms with van der Waals surface area (Å²) >= 11 is 0. The highest BCUT2D eigenvalue weighted by Gasteiger charge is 2.22. The number of aliphatic hydroxyl groups excluding tert-OH is 1. The van der Waals surface area contributed by atoms with Gasteiger partial charge in [-0.2, -0.15) is 0 Å². The van der Waals surface area contributed by atoms with E-state index in [9.17, 15) is 5.11 Å². The van der Waals surface area contributed by atoms with E-state index in [0.717, 1.165) is 43.2 Å². The lowest BCUT2D eigenvalue weighted by Gasteiger charge is -2.21. The molecule has 0 radical (unpaired) electrons. The van der Waals surface area contributed by atoms with Crippen LogP contribution in [0.4, 0.5) is 0 Å². The molecule has 0 aromatic heterocycles. The van der Waals surface area contributed by atoms with Gasteiger partial charge < -0.3 is 24.8 Å². The summed E-state index contributed by atoms with van der Waals surface area (Å²) in [6.07, 6.45) is 0.555. The number of β-amino-alcohol motifs (C(OH)–C–C–N with tert-alkyl or cyclic N) is 1. The summed E-state index contributed by atoms with van der Waals surface area (Å²) in [6, 6.07) is 8.32. The molecule has 0 amide bonds. The maximum absolute atomic E-state index is 9.73. The first kappa shape index (κ1) is 23.1. The summed E-state index contributed by atoms with van der Waals surface area (Å²) < 4.78 is 10.9. The highest BCUT2D eigenvalue weighted by Crippen LogP contribution is 2.11. The Bertz CT molecular complexity index is 543. The van der Waals surface area contributed by atoms with E-state index in [1.807, 2.05) is 13.0 Å². The molecule has 2 rings (SSSR count). The SMILES string of the molecule is CCNC(=NCc1cccc(COCCOCC)c1)N1CC[C@@H](O)C1.I. The molecular weight excluding hydrogens is 445 g/mol. The minimum absolute atomic E-state index is 0. The fraction of sp³-hybridized carbons (Fsp3) is 0.632. The number of nitrogens with zero attached hydrogens (tertiary/aromatic N) is 2. The molecule has 1 fully saturated rings. The molecule has 1 saturated heterocycles. The zero-order chi connectivity index (χ0) is 17.9. The number of aliphatic imine (C=N–C) groups is 1. The molecule has 1 aliphatic heterocycles. The molecule has 26 heavy (non-hydrogen) atoms. The molecule has 1 aromatic carbocycles. The minimum atomic E-state index is -0.249. The summed E-state index contributed by atoms with van der Waals surface area (Å²) in [5.74, 6) is 0.873. The Morgan fingerprint density at radius 1 is 1.27 bits per heavy atom. The van der Waals surface area contributed by atoms with Gasteiger partial charge in [-0.05, 0) is 31.4 Å². The maximum atomic E-state index is 9.73. The van der Waals surface area contributed by atoms with Crippen LogP contribution in [-0.2, 0) is 22.6 Å². The van der Waals surface area contributed by atoms with E-state index >= 15 is 0 Å². The van der Waals surface area contributed by atoms with Crippen LogP contribution >= 0.6 is 24.0 Å². The second-order valence-electron chi connectivity index (χ2n) is 6.13. The molecule has 2 N–H and O–H groups in total. The maximum Gasteiger partial charge on any atom is 0.194 e. The molecule has 148 valence electrons. The Morgan fingerprint density at radius 3 is 2.73 bits per heavy atom. The molecule has 7 heteroatoms. The Hall–Kier alpha value is -0.900. The van der Waals surface area contributed by atoms with Crippen molar-refractivity contribution in [2.24, 2.45) is 4.99 Å². The van der Waals surface area contributed by atoms with Gasteiger partial charge in [0.1, 0.15) is 0 Å². The molecule has 1 atom stereocenters. The van der Waals surface area contributed by atoms with E-state index in [4.69, 9.17) is 14.5 Å². The van der Waals surface area contributed by atoms with E-state index in [1.54, 1.807) is 0 Å². The quantitative estimate of drug-likeness (QED) is 0.248. The first-order valence-corrected chi connectivity index (χ1v) is 9.17. The highest BCUT2D eigenvalue weighted by molar-refractivity contribution is 14.0. The van der Waals surface area contributed by atoms with Gasteiger partial charge in [0.15, 0.2) is 5.96 Å². The summed E-state index contributed by atoms with van der Waals surface area (Å²) in [6.45, 7) is 9.52. The van der Waals surface area contributed by atoms with Crippen LogP contribution in [0, 0.1) is 0 Å². The van der Waals surface area contributed by atoms with Gasteiger partial charge in [0.05, 0.1) is 32.5 Å². The van der Waals surface area contributed by atoms with Crippen molar-refractivity contribution < 1.29 is 14.6 Å². The van der Waals surface area contributed by atoms with Crippen LogP contribution in [0.2, 0.25) is 0 Å². The van der Waals surface area contributed by atoms with Gasteiger partial charge in [-0.3, -0.25) is 0 Å². The van der Waals surface area contributed by atoms with Crippen LogP contribution < -0.4 is 5.32 Å². The molecule has 0 saturated carbocycles. The van der Waals surface area contributed by atoms with Crippen molar-refractivity contribution in [3.05, 3.63) is 35.4 Å². The second-order valence-corrected chi connectivity index (χ2v) is 6.13. The second kappa shape index (κ2) is 13.3. The predicted molar refractivity (Wildman–Crippen MR) is 115 cm³/mol. The van der Waals surface area contributed by atoms with Crippen molar-refractivity contribution in [2.45, 2.75) is 39.5 Å². The number of aliphatic hydroxyl groups is 1. The van der Waals surface area contributed by atoms with Gasteiger partial charge in [-0.15, -0.1) is 24.0 Å². The van der Waals surface area contributed by atoms with Crippen LogP contribution in [0.3, 0.4) is 0 Å². The van der Waals surface area contributed by atoms with Crippen molar-refractivity contribution in [1.29, 1.82) is 0 Å². The number of rotatable bonds is 9. The van der Waals surface area contributed by atoms with Crippen molar-refractivity contribution >= 4 is 29.9 Å². The van der Waals surface area contributed by atoms with Crippen molar-refractivity contribution in [2.75, 3.05) is 39.5 Å². The Kier molecular flexibility index (Phi) is 11.8. The third-order valence-electron chi connectivity index (χ3n) is 4.05. The zero-order valence-electron chi connectivity index (χ0n) is 15.8. The van der Waals surface area contributed by atoms with E-state index in [2.05, 4.69) is 35.3 Å². The highest BCUT2D eigenvalue weighted by atomic mass is 127. The first-order valence-electron chi connectivity index (χ1n) is 9.17. The molecule has 0 bridgehead atoms. The smallest absolute Gasteiger partial charge is 0.194 e.